The molecule has 0 unspecified atom stereocenters. The van der Waals surface area contributed by atoms with E-state index in [9.17, 15) is 9.18 Å². The van der Waals surface area contributed by atoms with E-state index >= 15 is 4.39 Å². The first kappa shape index (κ1) is 24.4. The van der Waals surface area contributed by atoms with Gasteiger partial charge in [-0.25, -0.2) is 8.78 Å². The highest BCUT2D eigenvalue weighted by Crippen LogP contribution is 2.43. The van der Waals surface area contributed by atoms with Crippen LogP contribution in [0.5, 0.6) is 0 Å². The molecule has 1 aromatic carbocycles. The van der Waals surface area contributed by atoms with Gasteiger partial charge in [0.15, 0.2) is 5.17 Å². The van der Waals surface area contributed by atoms with Crippen molar-refractivity contribution < 1.29 is 13.6 Å². The number of aromatic nitrogens is 1. The molecule has 0 saturated heterocycles. The zero-order valence-electron chi connectivity index (χ0n) is 18.7. The Kier molecular flexibility index (Phi) is 7.49. The number of aliphatic imine (C=N–C) groups is 1. The number of rotatable bonds is 6. The van der Waals surface area contributed by atoms with E-state index in [1.54, 1.807) is 27.1 Å². The van der Waals surface area contributed by atoms with Gasteiger partial charge >= 0.3 is 0 Å². The minimum Gasteiger partial charge on any atom is -0.379 e. The lowest BCUT2D eigenvalue weighted by Gasteiger charge is -2.38. The van der Waals surface area contributed by atoms with Crippen LogP contribution < -0.4 is 5.73 Å². The van der Waals surface area contributed by atoms with Crippen molar-refractivity contribution in [2.45, 2.75) is 25.3 Å². The summed E-state index contributed by atoms with van der Waals surface area (Å²) in [7, 11) is 3.39. The van der Waals surface area contributed by atoms with Crippen molar-refractivity contribution >= 4 is 34.7 Å². The van der Waals surface area contributed by atoms with Gasteiger partial charge in [0.25, 0.3) is 0 Å². The molecule has 0 spiro atoms. The van der Waals surface area contributed by atoms with Crippen LogP contribution in [0.4, 0.5) is 8.78 Å². The van der Waals surface area contributed by atoms with Crippen molar-refractivity contribution in [1.29, 1.82) is 5.26 Å². The molecule has 0 bridgehead atoms. The molecule has 1 amide bonds. The summed E-state index contributed by atoms with van der Waals surface area (Å²) in [5.41, 5.74) is 6.12. The van der Waals surface area contributed by atoms with E-state index in [-0.39, 0.29) is 17.5 Å². The van der Waals surface area contributed by atoms with E-state index in [0.717, 1.165) is 0 Å². The number of pyridine rings is 1. The van der Waals surface area contributed by atoms with Gasteiger partial charge in [0, 0.05) is 38.0 Å². The lowest BCUT2D eigenvalue weighted by Crippen LogP contribution is -2.39. The number of nitriles is 1. The largest absolute Gasteiger partial charge is 0.379 e. The van der Waals surface area contributed by atoms with E-state index in [1.807, 2.05) is 6.07 Å². The van der Waals surface area contributed by atoms with Crippen LogP contribution in [0, 0.1) is 23.1 Å². The van der Waals surface area contributed by atoms with Gasteiger partial charge in [0.2, 0.25) is 5.91 Å². The number of hydrogen-bond acceptors (Lipinski definition) is 6. The third kappa shape index (κ3) is 5.57. The number of benzene rings is 1. The van der Waals surface area contributed by atoms with E-state index < -0.39 is 17.2 Å². The maximum absolute atomic E-state index is 15.0. The van der Waals surface area contributed by atoms with Gasteiger partial charge in [-0.2, -0.15) is 5.26 Å². The summed E-state index contributed by atoms with van der Waals surface area (Å²) in [6, 6.07) is 9.14. The Morgan fingerprint density at radius 1 is 1.39 bits per heavy atom. The lowest BCUT2D eigenvalue weighted by molar-refractivity contribution is -0.129. The molecule has 0 aliphatic carbocycles. The first-order chi connectivity index (χ1) is 15.6. The average Bonchev–Trinajstić information content (AvgIpc) is 2.79. The lowest BCUT2D eigenvalue weighted by atomic mass is 9.77. The molecule has 0 saturated carbocycles. The predicted octanol–water partition coefficient (Wildman–Crippen LogP) is 4.32. The van der Waals surface area contributed by atoms with Crippen molar-refractivity contribution in [2.75, 3.05) is 19.8 Å². The van der Waals surface area contributed by atoms with Crippen LogP contribution in [0.15, 0.2) is 41.5 Å². The average molecular weight is 470 g/mol. The maximum Gasteiger partial charge on any atom is 0.222 e. The van der Waals surface area contributed by atoms with Crippen LogP contribution in [-0.4, -0.2) is 40.8 Å². The number of amides is 1. The SMILES string of the molecule is CN(C)C(=O)CC[C@@H]1CSC(N)=N[C@]1(C)c1cc(/C=C(\F)c2ccc(C#N)cn2)ccc1F. The summed E-state index contributed by atoms with van der Waals surface area (Å²) in [4.78, 5) is 22.2. The molecule has 2 atom stereocenters. The first-order valence-corrected chi connectivity index (χ1v) is 11.3. The van der Waals surface area contributed by atoms with Gasteiger partial charge < -0.3 is 10.6 Å². The second-order valence-corrected chi connectivity index (χ2v) is 9.25. The zero-order chi connectivity index (χ0) is 24.2. The zero-order valence-corrected chi connectivity index (χ0v) is 19.5. The summed E-state index contributed by atoms with van der Waals surface area (Å²) < 4.78 is 29.8. The number of nitrogens with zero attached hydrogens (tertiary/aromatic N) is 4. The number of carbonyl (C=O) groups is 1. The Morgan fingerprint density at radius 2 is 2.15 bits per heavy atom. The molecule has 1 aliphatic heterocycles. The highest BCUT2D eigenvalue weighted by molar-refractivity contribution is 8.13. The van der Waals surface area contributed by atoms with Gasteiger partial charge in [-0.05, 0) is 55.2 Å². The Labute approximate surface area is 196 Å². The smallest absolute Gasteiger partial charge is 0.222 e. The normalized spacial score (nSPS) is 20.7. The van der Waals surface area contributed by atoms with Crippen molar-refractivity contribution in [3.05, 3.63) is 64.7 Å². The molecule has 0 fully saturated rings. The third-order valence-corrected chi connectivity index (χ3v) is 6.70. The van der Waals surface area contributed by atoms with Crippen LogP contribution in [0.2, 0.25) is 0 Å². The van der Waals surface area contributed by atoms with E-state index in [4.69, 9.17) is 11.0 Å². The Balaban J connectivity index is 1.96. The molecule has 1 aromatic heterocycles. The molecule has 1 aliphatic rings. The molecule has 0 radical (unpaired) electrons. The van der Waals surface area contributed by atoms with Gasteiger partial charge in [-0.15, -0.1) is 0 Å². The topological polar surface area (TPSA) is 95.4 Å². The minimum absolute atomic E-state index is 0.0148. The van der Waals surface area contributed by atoms with Gasteiger partial charge in [-0.3, -0.25) is 14.8 Å². The summed E-state index contributed by atoms with van der Waals surface area (Å²) in [6.07, 6.45) is 3.37. The highest BCUT2D eigenvalue weighted by Gasteiger charge is 2.41. The molecule has 2 heterocycles. The quantitative estimate of drug-likeness (QED) is 0.680. The molecule has 2 aromatic rings. The number of hydrogen-bond donors (Lipinski definition) is 1. The summed E-state index contributed by atoms with van der Waals surface area (Å²) in [5.74, 6) is -0.650. The van der Waals surface area contributed by atoms with E-state index in [1.165, 1.54) is 53.2 Å². The Morgan fingerprint density at radius 3 is 2.79 bits per heavy atom. The van der Waals surface area contributed by atoms with Crippen molar-refractivity contribution in [2.24, 2.45) is 16.6 Å². The standard InChI is InChI=1S/C24H25F2N5OS/c1-24(17(14-33-23(28)30-24)6-9-22(32)31(2)3)18-10-15(4-7-19(18)25)11-20(26)21-8-5-16(12-27)13-29-21/h4-5,7-8,10-11,13,17H,6,9,14H2,1-3H3,(H2,28,30)/b20-11-/t17-,24+/m1/s1. The maximum atomic E-state index is 15.0. The molecular formula is C24H25F2N5OS. The third-order valence-electron chi connectivity index (χ3n) is 5.74. The molecule has 9 heteroatoms. The van der Waals surface area contributed by atoms with Crippen LogP contribution >= 0.6 is 11.8 Å². The van der Waals surface area contributed by atoms with Crippen LogP contribution in [-0.2, 0) is 10.3 Å². The van der Waals surface area contributed by atoms with Crippen molar-refractivity contribution in [1.82, 2.24) is 9.88 Å². The highest BCUT2D eigenvalue weighted by atomic mass is 32.2. The van der Waals surface area contributed by atoms with E-state index in [0.29, 0.717) is 40.5 Å². The molecular weight excluding hydrogens is 444 g/mol. The second kappa shape index (κ2) is 10.1. The molecule has 172 valence electrons. The summed E-state index contributed by atoms with van der Waals surface area (Å²) >= 11 is 1.38. The van der Waals surface area contributed by atoms with Crippen LogP contribution in [0.3, 0.4) is 0 Å². The van der Waals surface area contributed by atoms with Crippen LogP contribution in [0.1, 0.15) is 42.1 Å². The monoisotopic (exact) mass is 469 g/mol. The molecule has 6 nitrogen and oxygen atoms in total. The number of carbonyl (C=O) groups excluding carboxylic acids is 1. The Bertz CT molecular complexity index is 1140. The van der Waals surface area contributed by atoms with E-state index in [2.05, 4.69) is 9.98 Å². The first-order valence-electron chi connectivity index (χ1n) is 10.4. The second-order valence-electron chi connectivity index (χ2n) is 8.21. The fourth-order valence-electron chi connectivity index (χ4n) is 3.71. The number of nitrogens with two attached hydrogens (primary N) is 1. The fourth-order valence-corrected chi connectivity index (χ4v) is 4.83. The molecule has 3 rings (SSSR count). The van der Waals surface area contributed by atoms with Gasteiger partial charge in [0.1, 0.15) is 17.7 Å². The fraction of sp³-hybridized carbons (Fsp3) is 0.333. The van der Waals surface area contributed by atoms with Crippen LogP contribution in [0.25, 0.3) is 11.9 Å². The number of thioether (sulfide) groups is 1. The predicted molar refractivity (Wildman–Crippen MR) is 127 cm³/mol. The Hall–Kier alpha value is -3.25. The minimum atomic E-state index is -1.00. The number of halogens is 2. The van der Waals surface area contributed by atoms with Crippen molar-refractivity contribution in [3.63, 3.8) is 0 Å². The molecule has 33 heavy (non-hydrogen) atoms. The number of amidine groups is 1. The van der Waals surface area contributed by atoms with Gasteiger partial charge in [0.05, 0.1) is 16.8 Å². The summed E-state index contributed by atoms with van der Waals surface area (Å²) in [6.45, 7) is 1.80. The summed E-state index contributed by atoms with van der Waals surface area (Å²) in [5, 5.41) is 9.21. The molecule has 2 N–H and O–H groups in total. The van der Waals surface area contributed by atoms with Gasteiger partial charge in [-0.1, -0.05) is 17.8 Å². The van der Waals surface area contributed by atoms with Crippen molar-refractivity contribution in [3.8, 4) is 6.07 Å².